The van der Waals surface area contributed by atoms with E-state index in [0.29, 0.717) is 43.2 Å². The van der Waals surface area contributed by atoms with Gasteiger partial charge in [0.25, 0.3) is 5.56 Å². The summed E-state index contributed by atoms with van der Waals surface area (Å²) in [6, 6.07) is 16.9. The van der Waals surface area contributed by atoms with Crippen molar-refractivity contribution >= 4 is 40.7 Å². The van der Waals surface area contributed by atoms with Gasteiger partial charge >= 0.3 is 5.97 Å². The first-order valence-electron chi connectivity index (χ1n) is 12.6. The molecule has 11 heteroatoms. The molecule has 1 N–H and O–H groups in total. The Morgan fingerprint density at radius 3 is 2.71 bits per heavy atom. The molecule has 3 aromatic carbocycles. The largest absolute Gasteiger partial charge is 0.503 e. The molecule has 6 rings (SSSR count). The number of nitrogens with zero attached hydrogens (tertiary/aromatic N) is 2. The second-order valence-electron chi connectivity index (χ2n) is 9.10. The molecule has 2 aliphatic heterocycles. The van der Waals surface area contributed by atoms with Gasteiger partial charge < -0.3 is 24.1 Å². The maximum absolute atomic E-state index is 14.0. The van der Waals surface area contributed by atoms with E-state index in [2.05, 4.69) is 0 Å². The maximum atomic E-state index is 14.0. The molecule has 0 unspecified atom stereocenters. The summed E-state index contributed by atoms with van der Waals surface area (Å²) in [4.78, 5) is 32.9. The third-order valence-corrected chi connectivity index (χ3v) is 7.93. The van der Waals surface area contributed by atoms with Crippen molar-refractivity contribution in [2.45, 2.75) is 13.0 Å². The Hall–Kier alpha value is -4.54. The van der Waals surface area contributed by atoms with Crippen LogP contribution in [0.25, 0.3) is 11.8 Å². The minimum absolute atomic E-state index is 0.0794. The van der Waals surface area contributed by atoms with E-state index in [0.717, 1.165) is 0 Å². The highest BCUT2D eigenvalue weighted by molar-refractivity contribution is 7.07. The number of benzene rings is 3. The molecular formula is C30H23ClN2O7S. The summed E-state index contributed by atoms with van der Waals surface area (Å²) in [6.45, 7) is 1.95. The normalized spacial score (nSPS) is 15.9. The number of phenols is 1. The van der Waals surface area contributed by atoms with Gasteiger partial charge in [-0.1, -0.05) is 59.3 Å². The van der Waals surface area contributed by atoms with E-state index in [-0.39, 0.29) is 41.1 Å². The van der Waals surface area contributed by atoms with E-state index in [1.54, 1.807) is 37.3 Å². The van der Waals surface area contributed by atoms with Crippen LogP contribution in [-0.2, 0) is 9.53 Å². The summed E-state index contributed by atoms with van der Waals surface area (Å²) in [6.07, 6.45) is 1.64. The Morgan fingerprint density at radius 1 is 1.17 bits per heavy atom. The van der Waals surface area contributed by atoms with Gasteiger partial charge in [0.1, 0.15) is 0 Å². The second kappa shape index (κ2) is 10.8. The summed E-state index contributed by atoms with van der Waals surface area (Å²) in [7, 11) is 1.41. The van der Waals surface area contributed by atoms with Gasteiger partial charge in [0.2, 0.25) is 6.79 Å². The minimum atomic E-state index is -0.866. The van der Waals surface area contributed by atoms with Crippen LogP contribution in [0.3, 0.4) is 0 Å². The van der Waals surface area contributed by atoms with Crippen molar-refractivity contribution in [1.82, 2.24) is 4.57 Å². The first-order valence-corrected chi connectivity index (χ1v) is 13.8. The number of carbonyl (C=O) groups is 1. The van der Waals surface area contributed by atoms with Crippen LogP contribution < -0.4 is 29.1 Å². The van der Waals surface area contributed by atoms with Crippen molar-refractivity contribution in [2.24, 2.45) is 4.99 Å². The second-order valence-corrected chi connectivity index (χ2v) is 10.5. The number of halogens is 1. The molecule has 0 fully saturated rings. The first kappa shape index (κ1) is 26.7. The number of ether oxygens (including phenoxy) is 4. The number of esters is 1. The lowest BCUT2D eigenvalue weighted by Crippen LogP contribution is -2.40. The van der Waals surface area contributed by atoms with E-state index >= 15 is 0 Å². The quantitative estimate of drug-likeness (QED) is 0.338. The van der Waals surface area contributed by atoms with Gasteiger partial charge in [0.15, 0.2) is 27.8 Å². The van der Waals surface area contributed by atoms with Crippen LogP contribution in [0.1, 0.15) is 29.7 Å². The van der Waals surface area contributed by atoms with Gasteiger partial charge in [0.05, 0.1) is 40.6 Å². The van der Waals surface area contributed by atoms with E-state index in [1.165, 1.54) is 29.1 Å². The van der Waals surface area contributed by atoms with Gasteiger partial charge in [-0.25, -0.2) is 9.79 Å². The average molecular weight is 591 g/mol. The summed E-state index contributed by atoms with van der Waals surface area (Å²) in [5.74, 6) is 0.483. The Kier molecular flexibility index (Phi) is 7.02. The molecule has 41 heavy (non-hydrogen) atoms. The number of carbonyl (C=O) groups excluding carboxylic acids is 1. The Labute approximate surface area is 242 Å². The van der Waals surface area contributed by atoms with E-state index in [1.807, 2.05) is 30.3 Å². The number of aromatic nitrogens is 1. The van der Waals surface area contributed by atoms with Crippen LogP contribution in [0.15, 0.2) is 76.0 Å². The van der Waals surface area contributed by atoms with Crippen molar-refractivity contribution in [3.05, 3.63) is 108 Å². The smallest absolute Gasteiger partial charge is 0.338 e. The lowest BCUT2D eigenvalue weighted by Gasteiger charge is -2.26. The Bertz CT molecular complexity index is 1900. The third kappa shape index (κ3) is 4.75. The molecule has 9 nitrogen and oxygen atoms in total. The number of thiazole rings is 1. The predicted molar refractivity (Wildman–Crippen MR) is 153 cm³/mol. The first-order chi connectivity index (χ1) is 19.9. The molecule has 0 radical (unpaired) electrons. The standard InChI is InChI=1S/C30H23ClN2O7S/c1-3-38-29(36)24-25(17-7-5-4-6-8-17)32-30-33(26(24)18-9-10-20-21(14-18)40-15-39-20)28(35)23(41-30)13-16-11-19(31)27(34)22(12-16)37-2/h4-14,26,34H,3,15H2,1-2H3/t26-/m0/s1. The molecule has 0 saturated carbocycles. The topological polar surface area (TPSA) is 109 Å². The number of hydrogen-bond acceptors (Lipinski definition) is 9. The number of fused-ring (bicyclic) bond motifs is 2. The van der Waals surface area contributed by atoms with Crippen LogP contribution in [-0.4, -0.2) is 36.2 Å². The fourth-order valence-corrected chi connectivity index (χ4v) is 6.04. The maximum Gasteiger partial charge on any atom is 0.338 e. The van der Waals surface area contributed by atoms with Gasteiger partial charge in [-0.15, -0.1) is 0 Å². The van der Waals surface area contributed by atoms with Crippen LogP contribution in [0.5, 0.6) is 23.0 Å². The SMILES string of the molecule is CCOC(=O)C1=C(c2ccccc2)N=c2sc(=Cc3cc(Cl)c(O)c(OC)c3)c(=O)n2[C@H]1c1ccc2c(c1)OCO2. The van der Waals surface area contributed by atoms with E-state index in [9.17, 15) is 14.7 Å². The highest BCUT2D eigenvalue weighted by atomic mass is 35.5. The molecule has 4 aromatic rings. The molecule has 1 atom stereocenters. The van der Waals surface area contributed by atoms with Crippen LogP contribution in [0.2, 0.25) is 5.02 Å². The fraction of sp³-hybridized carbons (Fsp3) is 0.167. The Balaban J connectivity index is 1.64. The van der Waals surface area contributed by atoms with Gasteiger partial charge in [-0.05, 0) is 48.4 Å². The number of rotatable bonds is 6. The fourth-order valence-electron chi connectivity index (χ4n) is 4.82. The predicted octanol–water partition coefficient (Wildman–Crippen LogP) is 4.03. The average Bonchev–Trinajstić information content (AvgIpc) is 3.58. The van der Waals surface area contributed by atoms with Crippen LogP contribution >= 0.6 is 22.9 Å². The zero-order chi connectivity index (χ0) is 28.7. The van der Waals surface area contributed by atoms with Gasteiger partial charge in [0, 0.05) is 5.56 Å². The molecule has 1 aromatic heterocycles. The zero-order valence-corrected chi connectivity index (χ0v) is 23.5. The lowest BCUT2D eigenvalue weighted by molar-refractivity contribution is -0.138. The van der Waals surface area contributed by atoms with Crippen molar-refractivity contribution in [2.75, 3.05) is 20.5 Å². The molecule has 3 heterocycles. The van der Waals surface area contributed by atoms with Crippen molar-refractivity contribution < 1.29 is 28.8 Å². The summed E-state index contributed by atoms with van der Waals surface area (Å²) in [5.41, 5.74) is 2.15. The monoisotopic (exact) mass is 590 g/mol. The molecule has 0 aliphatic carbocycles. The minimum Gasteiger partial charge on any atom is -0.503 e. The molecule has 0 bridgehead atoms. The number of aromatic hydroxyl groups is 1. The number of phenolic OH excluding ortho intramolecular Hbond substituents is 1. The Morgan fingerprint density at radius 2 is 1.95 bits per heavy atom. The van der Waals surface area contributed by atoms with Crippen LogP contribution in [0, 0.1) is 0 Å². The highest BCUT2D eigenvalue weighted by Crippen LogP contribution is 2.40. The molecule has 2 aliphatic rings. The molecule has 0 amide bonds. The summed E-state index contributed by atoms with van der Waals surface area (Å²) < 4.78 is 23.7. The van der Waals surface area contributed by atoms with E-state index < -0.39 is 12.0 Å². The lowest BCUT2D eigenvalue weighted by atomic mass is 9.93. The summed E-state index contributed by atoms with van der Waals surface area (Å²) in [5, 5.41) is 10.2. The van der Waals surface area contributed by atoms with Crippen LogP contribution in [0.4, 0.5) is 0 Å². The van der Waals surface area contributed by atoms with Crippen molar-refractivity contribution in [1.29, 1.82) is 0 Å². The highest BCUT2D eigenvalue weighted by Gasteiger charge is 2.36. The van der Waals surface area contributed by atoms with Crippen molar-refractivity contribution in [3.8, 4) is 23.0 Å². The molecule has 0 spiro atoms. The zero-order valence-electron chi connectivity index (χ0n) is 21.9. The molecule has 208 valence electrons. The number of hydrogen-bond donors (Lipinski definition) is 1. The molecular weight excluding hydrogens is 568 g/mol. The van der Waals surface area contributed by atoms with Gasteiger partial charge in [-0.3, -0.25) is 9.36 Å². The third-order valence-electron chi connectivity index (χ3n) is 6.65. The van der Waals surface area contributed by atoms with Gasteiger partial charge in [-0.2, -0.15) is 0 Å². The number of methoxy groups -OCH3 is 1. The molecule has 0 saturated heterocycles. The summed E-state index contributed by atoms with van der Waals surface area (Å²) >= 11 is 7.37. The van der Waals surface area contributed by atoms with Crippen molar-refractivity contribution in [3.63, 3.8) is 0 Å². The van der Waals surface area contributed by atoms with E-state index in [4.69, 9.17) is 35.5 Å².